The van der Waals surface area contributed by atoms with E-state index in [0.717, 1.165) is 25.1 Å². The van der Waals surface area contributed by atoms with Crippen LogP contribution in [0.2, 0.25) is 0 Å². The van der Waals surface area contributed by atoms with E-state index >= 15 is 0 Å². The van der Waals surface area contributed by atoms with Gasteiger partial charge in [0.15, 0.2) is 0 Å². The molecule has 1 saturated heterocycles. The molecule has 2 heterocycles. The quantitative estimate of drug-likeness (QED) is 0.879. The van der Waals surface area contributed by atoms with Gasteiger partial charge in [-0.05, 0) is 54.9 Å². The maximum absolute atomic E-state index is 12.4. The second kappa shape index (κ2) is 7.33. The fourth-order valence-corrected chi connectivity index (χ4v) is 2.56. The Morgan fingerprint density at radius 1 is 1.45 bits per heavy atom. The van der Waals surface area contributed by atoms with Crippen LogP contribution in [0, 0.1) is 0 Å². The van der Waals surface area contributed by atoms with Crippen molar-refractivity contribution < 1.29 is 4.79 Å². The summed E-state index contributed by atoms with van der Waals surface area (Å²) in [5.41, 5.74) is 1.38. The fourth-order valence-electron chi connectivity index (χ4n) is 2.56. The third-order valence-corrected chi connectivity index (χ3v) is 3.80. The van der Waals surface area contributed by atoms with Crippen LogP contribution in [-0.2, 0) is 0 Å². The van der Waals surface area contributed by atoms with Crippen LogP contribution in [0.25, 0.3) is 5.69 Å². The maximum atomic E-state index is 12.4. The maximum Gasteiger partial charge on any atom is 0.251 e. The summed E-state index contributed by atoms with van der Waals surface area (Å²) in [6, 6.07) is 7.73. The molecule has 8 heteroatoms. The Hall–Kier alpha value is -1.99. The molecule has 2 unspecified atom stereocenters. The molecule has 118 valence electrons. The minimum atomic E-state index is -0.0644. The van der Waals surface area contributed by atoms with E-state index in [-0.39, 0.29) is 24.4 Å². The van der Waals surface area contributed by atoms with E-state index < -0.39 is 0 Å². The van der Waals surface area contributed by atoms with Crippen LogP contribution in [0.3, 0.4) is 0 Å². The monoisotopic (exact) mass is 322 g/mol. The molecule has 0 radical (unpaired) electrons. The predicted octanol–water partition coefficient (Wildman–Crippen LogP) is 0.954. The van der Waals surface area contributed by atoms with Crippen LogP contribution in [0.4, 0.5) is 0 Å². The molecular weight excluding hydrogens is 304 g/mol. The zero-order valence-corrected chi connectivity index (χ0v) is 13.1. The number of piperidine rings is 1. The summed E-state index contributed by atoms with van der Waals surface area (Å²) < 4.78 is 1.53. The van der Waals surface area contributed by atoms with Crippen molar-refractivity contribution in [1.29, 1.82) is 0 Å². The van der Waals surface area contributed by atoms with Crippen LogP contribution in [-0.4, -0.2) is 44.7 Å². The third-order valence-electron chi connectivity index (χ3n) is 3.80. The first-order valence-electron chi connectivity index (χ1n) is 7.12. The highest BCUT2D eigenvalue weighted by Gasteiger charge is 2.22. The van der Waals surface area contributed by atoms with Gasteiger partial charge in [0.1, 0.15) is 6.33 Å². The molecule has 0 aliphatic carbocycles. The van der Waals surface area contributed by atoms with Gasteiger partial charge >= 0.3 is 0 Å². The lowest BCUT2D eigenvalue weighted by Gasteiger charge is -2.30. The molecule has 22 heavy (non-hydrogen) atoms. The molecule has 0 spiro atoms. The Bertz CT molecular complexity index is 618. The predicted molar refractivity (Wildman–Crippen MR) is 84.4 cm³/mol. The van der Waals surface area contributed by atoms with Crippen molar-refractivity contribution >= 4 is 18.3 Å². The van der Waals surface area contributed by atoms with Crippen LogP contribution >= 0.6 is 12.4 Å². The minimum Gasteiger partial charge on any atom is -0.348 e. The number of halogens is 1. The van der Waals surface area contributed by atoms with Gasteiger partial charge < -0.3 is 10.6 Å². The summed E-state index contributed by atoms with van der Waals surface area (Å²) in [5.74, 6) is -0.0644. The summed E-state index contributed by atoms with van der Waals surface area (Å²) in [4.78, 5) is 12.4. The highest BCUT2D eigenvalue weighted by molar-refractivity contribution is 5.95. The highest BCUT2D eigenvalue weighted by Crippen LogP contribution is 2.12. The normalized spacial score (nSPS) is 21.0. The van der Waals surface area contributed by atoms with Gasteiger partial charge in [-0.15, -0.1) is 17.5 Å². The molecule has 1 aliphatic heterocycles. The van der Waals surface area contributed by atoms with Crippen LogP contribution in [0.5, 0.6) is 0 Å². The number of aromatic nitrogens is 4. The van der Waals surface area contributed by atoms with Crippen LogP contribution in [0.15, 0.2) is 30.6 Å². The molecule has 1 aromatic heterocycles. The van der Waals surface area contributed by atoms with Crippen LogP contribution < -0.4 is 10.6 Å². The zero-order valence-electron chi connectivity index (χ0n) is 12.3. The average Bonchev–Trinajstić information content (AvgIpc) is 3.04. The molecule has 7 nitrogen and oxygen atoms in total. The van der Waals surface area contributed by atoms with E-state index in [9.17, 15) is 4.79 Å². The number of hydrogen-bond donors (Lipinski definition) is 2. The number of carbonyl (C=O) groups excluding carboxylic acids is 1. The first kappa shape index (κ1) is 16.4. The van der Waals surface area contributed by atoms with Gasteiger partial charge in [-0.25, -0.2) is 4.68 Å². The van der Waals surface area contributed by atoms with E-state index in [0.29, 0.717) is 11.6 Å². The smallest absolute Gasteiger partial charge is 0.251 e. The van der Waals surface area contributed by atoms with Crippen molar-refractivity contribution in [3.8, 4) is 5.69 Å². The van der Waals surface area contributed by atoms with E-state index in [4.69, 9.17) is 0 Å². The number of nitrogens with one attached hydrogen (secondary N) is 2. The topological polar surface area (TPSA) is 84.7 Å². The first-order chi connectivity index (χ1) is 10.2. The number of hydrogen-bond acceptors (Lipinski definition) is 5. The summed E-state index contributed by atoms with van der Waals surface area (Å²) in [7, 11) is 0. The Labute approximate surface area is 134 Å². The number of nitrogens with zero attached hydrogens (tertiary/aromatic N) is 4. The Balaban J connectivity index is 0.00000176. The second-order valence-corrected chi connectivity index (χ2v) is 5.27. The summed E-state index contributed by atoms with van der Waals surface area (Å²) in [5, 5.41) is 17.5. The number of benzene rings is 1. The van der Waals surface area contributed by atoms with E-state index in [1.165, 1.54) is 11.0 Å². The Morgan fingerprint density at radius 2 is 2.32 bits per heavy atom. The molecule has 1 aliphatic rings. The lowest BCUT2D eigenvalue weighted by Crippen LogP contribution is -2.51. The van der Waals surface area contributed by atoms with Crippen LogP contribution in [0.1, 0.15) is 30.1 Å². The van der Waals surface area contributed by atoms with Gasteiger partial charge in [0.2, 0.25) is 0 Å². The summed E-state index contributed by atoms with van der Waals surface area (Å²) in [6.45, 7) is 3.12. The van der Waals surface area contributed by atoms with E-state index in [1.807, 2.05) is 12.1 Å². The number of carbonyl (C=O) groups is 1. The number of rotatable bonds is 3. The van der Waals surface area contributed by atoms with Crippen molar-refractivity contribution in [2.24, 2.45) is 0 Å². The second-order valence-electron chi connectivity index (χ2n) is 5.27. The molecule has 1 aromatic carbocycles. The molecule has 2 N–H and O–H groups in total. The van der Waals surface area contributed by atoms with Gasteiger partial charge in [0, 0.05) is 17.6 Å². The molecule has 1 fully saturated rings. The zero-order chi connectivity index (χ0) is 14.7. The molecular formula is C14H19ClN6O. The molecule has 3 rings (SSSR count). The molecule has 2 atom stereocenters. The lowest BCUT2D eigenvalue weighted by atomic mass is 9.99. The SMILES string of the molecule is CC1NCCCC1NC(=O)c1cccc(-n2cnnn2)c1.Cl. The minimum absolute atomic E-state index is 0. The van der Waals surface area contributed by atoms with Gasteiger partial charge in [-0.2, -0.15) is 0 Å². The molecule has 0 bridgehead atoms. The van der Waals surface area contributed by atoms with Gasteiger partial charge in [-0.3, -0.25) is 4.79 Å². The van der Waals surface area contributed by atoms with Crippen molar-refractivity contribution in [2.45, 2.75) is 31.8 Å². The molecule has 0 saturated carbocycles. The Morgan fingerprint density at radius 3 is 3.05 bits per heavy atom. The fraction of sp³-hybridized carbons (Fsp3) is 0.429. The standard InChI is InChI=1S/C14H18N6O.ClH/c1-10-13(6-3-7-15-10)17-14(21)11-4-2-5-12(8-11)20-9-16-18-19-20;/h2,4-5,8-10,13,15H,3,6-7H2,1H3,(H,17,21);1H. The van der Waals surface area contributed by atoms with Crippen molar-refractivity contribution in [3.05, 3.63) is 36.2 Å². The summed E-state index contributed by atoms with van der Waals surface area (Å²) >= 11 is 0. The largest absolute Gasteiger partial charge is 0.348 e. The van der Waals surface area contributed by atoms with Gasteiger partial charge in [0.25, 0.3) is 5.91 Å². The lowest BCUT2D eigenvalue weighted by molar-refractivity contribution is 0.0920. The van der Waals surface area contributed by atoms with Crippen molar-refractivity contribution in [1.82, 2.24) is 30.8 Å². The first-order valence-corrected chi connectivity index (χ1v) is 7.12. The Kier molecular flexibility index (Phi) is 5.46. The van der Waals surface area contributed by atoms with E-state index in [1.54, 1.807) is 12.1 Å². The molecule has 1 amide bonds. The van der Waals surface area contributed by atoms with Gasteiger partial charge in [-0.1, -0.05) is 6.07 Å². The van der Waals surface area contributed by atoms with Crippen molar-refractivity contribution in [3.63, 3.8) is 0 Å². The number of amides is 1. The number of tetrazole rings is 1. The third kappa shape index (κ3) is 3.61. The molecule has 2 aromatic rings. The van der Waals surface area contributed by atoms with E-state index in [2.05, 4.69) is 33.1 Å². The van der Waals surface area contributed by atoms with Gasteiger partial charge in [0.05, 0.1) is 5.69 Å². The summed E-state index contributed by atoms with van der Waals surface area (Å²) in [6.07, 6.45) is 3.59. The average molecular weight is 323 g/mol. The highest BCUT2D eigenvalue weighted by atomic mass is 35.5. The van der Waals surface area contributed by atoms with Crippen molar-refractivity contribution in [2.75, 3.05) is 6.54 Å².